The van der Waals surface area contributed by atoms with Gasteiger partial charge in [-0.1, -0.05) is 153 Å². The molecule has 0 bridgehead atoms. The van der Waals surface area contributed by atoms with Crippen molar-refractivity contribution in [2.75, 3.05) is 0 Å². The van der Waals surface area contributed by atoms with Gasteiger partial charge in [0.15, 0.2) is 0 Å². The Hall–Kier alpha value is -7.36. The molecule has 0 amide bonds. The predicted octanol–water partition coefficient (Wildman–Crippen LogP) is 14.3. The van der Waals surface area contributed by atoms with Gasteiger partial charge in [-0.05, 0) is 97.7 Å². The number of nitrogens with zero attached hydrogens (tertiary/aromatic N) is 3. The molecule has 0 N–H and O–H groups in total. The lowest BCUT2D eigenvalue weighted by molar-refractivity contribution is 0.660. The number of para-hydroxylation sites is 2. The first-order valence-corrected chi connectivity index (χ1v) is 20.1. The maximum Gasteiger partial charge on any atom is 0.0979 e. The van der Waals surface area contributed by atoms with Crippen molar-refractivity contribution in [3.8, 4) is 50.3 Å². The molecule has 3 heteroatoms. The first-order valence-electron chi connectivity index (χ1n) is 20.1. The Bertz CT molecular complexity index is 3410. The van der Waals surface area contributed by atoms with Crippen LogP contribution in [0.4, 0.5) is 0 Å². The van der Waals surface area contributed by atoms with Crippen molar-refractivity contribution in [1.82, 2.24) is 14.5 Å². The zero-order chi connectivity index (χ0) is 38.5. The average Bonchev–Trinajstić information content (AvgIpc) is 3.74. The van der Waals surface area contributed by atoms with Gasteiger partial charge in [-0.3, -0.25) is 4.98 Å². The molecule has 272 valence electrons. The van der Waals surface area contributed by atoms with E-state index in [-0.39, 0.29) is 5.41 Å². The first-order chi connectivity index (χ1) is 28.5. The lowest BCUT2D eigenvalue weighted by Crippen LogP contribution is -2.15. The van der Waals surface area contributed by atoms with E-state index in [1.165, 1.54) is 77.2 Å². The first kappa shape index (κ1) is 32.8. The van der Waals surface area contributed by atoms with E-state index in [4.69, 9.17) is 9.97 Å². The smallest absolute Gasteiger partial charge is 0.0979 e. The minimum absolute atomic E-state index is 0.167. The van der Waals surface area contributed by atoms with Crippen molar-refractivity contribution in [3.05, 3.63) is 199 Å². The lowest BCUT2D eigenvalue weighted by Gasteiger charge is -2.23. The summed E-state index contributed by atoms with van der Waals surface area (Å²) in [5, 5.41) is 7.22. The number of hydrogen-bond acceptors (Lipinski definition) is 2. The molecule has 0 saturated heterocycles. The van der Waals surface area contributed by atoms with Crippen LogP contribution in [-0.4, -0.2) is 14.5 Å². The van der Waals surface area contributed by atoms with Gasteiger partial charge in [0.2, 0.25) is 0 Å². The van der Waals surface area contributed by atoms with E-state index in [0.717, 1.165) is 38.6 Å². The van der Waals surface area contributed by atoms with Crippen molar-refractivity contribution in [2.45, 2.75) is 19.3 Å². The molecule has 12 rings (SSSR count). The van der Waals surface area contributed by atoms with Gasteiger partial charge in [-0.2, -0.15) is 0 Å². The normalized spacial score (nSPS) is 13.1. The highest BCUT2D eigenvalue weighted by Crippen LogP contribution is 2.51. The Kier molecular flexibility index (Phi) is 6.98. The fraction of sp³-hybridized carbons (Fsp3) is 0.0545. The van der Waals surface area contributed by atoms with Crippen LogP contribution in [0, 0.1) is 0 Å². The van der Waals surface area contributed by atoms with Gasteiger partial charge in [0.1, 0.15) is 0 Å². The third kappa shape index (κ3) is 4.80. The van der Waals surface area contributed by atoms with E-state index >= 15 is 0 Å². The Morgan fingerprint density at radius 3 is 1.52 bits per heavy atom. The van der Waals surface area contributed by atoms with Crippen molar-refractivity contribution in [3.63, 3.8) is 0 Å². The van der Waals surface area contributed by atoms with Gasteiger partial charge >= 0.3 is 0 Å². The minimum Gasteiger partial charge on any atom is -0.309 e. The van der Waals surface area contributed by atoms with Gasteiger partial charge in [-0.15, -0.1) is 0 Å². The Balaban J connectivity index is 0.903. The largest absolute Gasteiger partial charge is 0.309 e. The molecule has 3 nitrogen and oxygen atoms in total. The third-order valence-electron chi connectivity index (χ3n) is 12.6. The topological polar surface area (TPSA) is 30.7 Å². The molecule has 9 aromatic carbocycles. The quantitative estimate of drug-likeness (QED) is 0.168. The van der Waals surface area contributed by atoms with Gasteiger partial charge in [0.05, 0.1) is 34.0 Å². The average molecular weight is 740 g/mol. The van der Waals surface area contributed by atoms with E-state index < -0.39 is 0 Å². The second-order valence-corrected chi connectivity index (χ2v) is 16.2. The molecule has 0 radical (unpaired) electrons. The molecule has 11 aromatic rings. The lowest BCUT2D eigenvalue weighted by atomic mass is 9.81. The monoisotopic (exact) mass is 739 g/mol. The molecule has 1 aliphatic rings. The second-order valence-electron chi connectivity index (χ2n) is 16.2. The van der Waals surface area contributed by atoms with E-state index in [1.807, 2.05) is 6.20 Å². The highest BCUT2D eigenvalue weighted by Gasteiger charge is 2.36. The summed E-state index contributed by atoms with van der Waals surface area (Å²) in [5.74, 6) is 0. The second kappa shape index (κ2) is 12.3. The van der Waals surface area contributed by atoms with Gasteiger partial charge in [0.25, 0.3) is 0 Å². The van der Waals surface area contributed by atoms with E-state index in [9.17, 15) is 0 Å². The third-order valence-corrected chi connectivity index (χ3v) is 12.6. The fourth-order valence-electron chi connectivity index (χ4n) is 9.74. The van der Waals surface area contributed by atoms with Crippen LogP contribution in [0.3, 0.4) is 0 Å². The summed E-state index contributed by atoms with van der Waals surface area (Å²) in [6.07, 6.45) is 1.93. The van der Waals surface area contributed by atoms with Crippen molar-refractivity contribution < 1.29 is 0 Å². The van der Waals surface area contributed by atoms with Crippen LogP contribution >= 0.6 is 0 Å². The van der Waals surface area contributed by atoms with Crippen LogP contribution in [0.15, 0.2) is 188 Å². The molecule has 0 unspecified atom stereocenters. The van der Waals surface area contributed by atoms with Crippen molar-refractivity contribution in [2.24, 2.45) is 0 Å². The molecule has 0 spiro atoms. The van der Waals surface area contributed by atoms with Crippen LogP contribution in [0.5, 0.6) is 0 Å². The van der Waals surface area contributed by atoms with Crippen LogP contribution in [0.25, 0.3) is 105 Å². The summed E-state index contributed by atoms with van der Waals surface area (Å²) >= 11 is 0. The molecular weight excluding hydrogens is 703 g/mol. The fourth-order valence-corrected chi connectivity index (χ4v) is 9.74. The number of benzene rings is 9. The van der Waals surface area contributed by atoms with Crippen LogP contribution < -0.4 is 0 Å². The highest BCUT2D eigenvalue weighted by atomic mass is 15.0. The zero-order valence-corrected chi connectivity index (χ0v) is 32.2. The summed E-state index contributed by atoms with van der Waals surface area (Å²) in [7, 11) is 0. The minimum atomic E-state index is -0.167. The van der Waals surface area contributed by atoms with Crippen molar-refractivity contribution in [1.29, 1.82) is 0 Å². The maximum absolute atomic E-state index is 5.27. The Labute approximate surface area is 336 Å². The summed E-state index contributed by atoms with van der Waals surface area (Å²) in [5.41, 5.74) is 17.4. The van der Waals surface area contributed by atoms with E-state index in [1.54, 1.807) is 0 Å². The maximum atomic E-state index is 5.27. The number of fused-ring (bicyclic) bond motifs is 12. The summed E-state index contributed by atoms with van der Waals surface area (Å²) in [4.78, 5) is 10.3. The predicted molar refractivity (Wildman–Crippen MR) is 243 cm³/mol. The Morgan fingerprint density at radius 2 is 0.879 bits per heavy atom. The summed E-state index contributed by atoms with van der Waals surface area (Å²) in [6.45, 7) is 4.75. The van der Waals surface area contributed by atoms with Crippen LogP contribution in [-0.2, 0) is 5.41 Å². The van der Waals surface area contributed by atoms with Gasteiger partial charge in [-0.25, -0.2) is 4.98 Å². The van der Waals surface area contributed by atoms with Crippen LogP contribution in [0.1, 0.15) is 25.0 Å². The SMILES string of the molecule is CC1(C)c2cc(-c3cccc(-c4cccc(-c5cnc6c7ccccc7c7ccccc7c6n5)c4)c3)ccc2-c2ccc(-n3c4ccccc4c4ccccc43)cc21. The molecule has 2 heterocycles. The molecule has 2 aromatic heterocycles. The number of aromatic nitrogens is 3. The highest BCUT2D eigenvalue weighted by molar-refractivity contribution is 6.23. The van der Waals surface area contributed by atoms with E-state index in [0.29, 0.717) is 0 Å². The molecule has 58 heavy (non-hydrogen) atoms. The van der Waals surface area contributed by atoms with Gasteiger partial charge < -0.3 is 4.57 Å². The summed E-state index contributed by atoms with van der Waals surface area (Å²) in [6, 6.07) is 66.2. The number of hydrogen-bond donors (Lipinski definition) is 0. The zero-order valence-electron chi connectivity index (χ0n) is 32.2. The standard InChI is InChI=1S/C55H37N3/c1-55(2)48-31-37(25-27-42(48)43-28-26-39(32-49(43)55)58-51-23-9-7-19-44(51)45-20-8-10-24-52(45)58)35-14-11-13-34(29-35)36-15-12-16-38(30-36)50-33-56-53-46-21-5-3-17-40(46)41-18-4-6-22-47(41)54(53)57-50/h3-33H,1-2H3. The van der Waals surface area contributed by atoms with Crippen molar-refractivity contribution >= 4 is 54.4 Å². The molecule has 1 aliphatic carbocycles. The summed E-state index contributed by atoms with van der Waals surface area (Å²) < 4.78 is 2.42. The molecule has 0 atom stereocenters. The number of rotatable bonds is 4. The Morgan fingerprint density at radius 1 is 0.397 bits per heavy atom. The van der Waals surface area contributed by atoms with E-state index in [2.05, 4.69) is 200 Å². The van der Waals surface area contributed by atoms with Crippen LogP contribution in [0.2, 0.25) is 0 Å². The van der Waals surface area contributed by atoms with Gasteiger partial charge in [0, 0.05) is 38.2 Å². The molecule has 0 fully saturated rings. The molecule has 0 aliphatic heterocycles. The molecular formula is C55H37N3. The molecule has 0 saturated carbocycles.